The van der Waals surface area contributed by atoms with Crippen molar-refractivity contribution in [2.75, 3.05) is 7.05 Å². The van der Waals surface area contributed by atoms with Gasteiger partial charge in [0.25, 0.3) is 0 Å². The van der Waals surface area contributed by atoms with Crippen LogP contribution in [0.15, 0.2) is 30.3 Å². The minimum atomic E-state index is 0.135. The van der Waals surface area contributed by atoms with E-state index < -0.39 is 0 Å². The zero-order chi connectivity index (χ0) is 11.1. The van der Waals surface area contributed by atoms with Crippen molar-refractivity contribution >= 4 is 5.91 Å². The SMILES string of the molecule is CNC(=O)C[C@@H](C)CCc1ccccc1. The molecule has 0 aliphatic heterocycles. The first-order valence-electron chi connectivity index (χ1n) is 5.47. The molecule has 0 unspecified atom stereocenters. The standard InChI is InChI=1S/C13H19NO/c1-11(10-13(15)14-2)8-9-12-6-4-3-5-7-12/h3-7,11H,8-10H2,1-2H3,(H,14,15)/t11-/m0/s1. The van der Waals surface area contributed by atoms with Crippen molar-refractivity contribution in [1.29, 1.82) is 0 Å². The first-order chi connectivity index (χ1) is 7.22. The van der Waals surface area contributed by atoms with Crippen molar-refractivity contribution in [3.8, 4) is 0 Å². The summed E-state index contributed by atoms with van der Waals surface area (Å²) in [6, 6.07) is 10.4. The van der Waals surface area contributed by atoms with E-state index in [1.807, 2.05) is 6.07 Å². The highest BCUT2D eigenvalue weighted by Crippen LogP contribution is 2.12. The summed E-state index contributed by atoms with van der Waals surface area (Å²) < 4.78 is 0. The second-order valence-corrected chi connectivity index (χ2v) is 4.01. The lowest BCUT2D eigenvalue weighted by Gasteiger charge is -2.09. The third-order valence-corrected chi connectivity index (χ3v) is 2.58. The smallest absolute Gasteiger partial charge is 0.220 e. The van der Waals surface area contributed by atoms with Crippen molar-refractivity contribution in [3.05, 3.63) is 35.9 Å². The monoisotopic (exact) mass is 205 g/mol. The van der Waals surface area contributed by atoms with Crippen LogP contribution in [0.25, 0.3) is 0 Å². The topological polar surface area (TPSA) is 29.1 Å². The van der Waals surface area contributed by atoms with Crippen LogP contribution in [0, 0.1) is 5.92 Å². The quantitative estimate of drug-likeness (QED) is 0.785. The Hall–Kier alpha value is -1.31. The highest BCUT2D eigenvalue weighted by atomic mass is 16.1. The van der Waals surface area contributed by atoms with Gasteiger partial charge in [-0.2, -0.15) is 0 Å². The Bertz CT molecular complexity index is 295. The van der Waals surface area contributed by atoms with Crippen LogP contribution in [0.3, 0.4) is 0 Å². The zero-order valence-corrected chi connectivity index (χ0v) is 9.49. The average molecular weight is 205 g/mol. The summed E-state index contributed by atoms with van der Waals surface area (Å²) in [6.07, 6.45) is 2.75. The molecule has 2 nitrogen and oxygen atoms in total. The van der Waals surface area contributed by atoms with E-state index in [0.717, 1.165) is 12.8 Å². The third-order valence-electron chi connectivity index (χ3n) is 2.58. The number of carbonyl (C=O) groups is 1. The van der Waals surface area contributed by atoms with Gasteiger partial charge in [0.2, 0.25) is 5.91 Å². The second-order valence-electron chi connectivity index (χ2n) is 4.01. The average Bonchev–Trinajstić information content (AvgIpc) is 2.27. The van der Waals surface area contributed by atoms with Crippen LogP contribution in [0.5, 0.6) is 0 Å². The van der Waals surface area contributed by atoms with Gasteiger partial charge in [0.1, 0.15) is 0 Å². The van der Waals surface area contributed by atoms with Gasteiger partial charge in [-0.1, -0.05) is 37.3 Å². The molecule has 1 N–H and O–H groups in total. The number of nitrogens with one attached hydrogen (secondary N) is 1. The van der Waals surface area contributed by atoms with Gasteiger partial charge in [-0.15, -0.1) is 0 Å². The molecule has 2 heteroatoms. The highest BCUT2D eigenvalue weighted by Gasteiger charge is 2.07. The number of hydrogen-bond acceptors (Lipinski definition) is 1. The van der Waals surface area contributed by atoms with Gasteiger partial charge in [-0.05, 0) is 24.3 Å². The number of aryl methyl sites for hydroxylation is 1. The molecule has 0 aliphatic carbocycles. The molecule has 0 aromatic heterocycles. The minimum Gasteiger partial charge on any atom is -0.359 e. The van der Waals surface area contributed by atoms with E-state index in [1.54, 1.807) is 7.05 Å². The molecule has 1 rings (SSSR count). The molecule has 1 amide bonds. The minimum absolute atomic E-state index is 0.135. The molecule has 1 aromatic rings. The summed E-state index contributed by atoms with van der Waals surface area (Å²) >= 11 is 0. The molecule has 0 saturated carbocycles. The van der Waals surface area contributed by atoms with E-state index in [-0.39, 0.29) is 5.91 Å². The molecule has 15 heavy (non-hydrogen) atoms. The highest BCUT2D eigenvalue weighted by molar-refractivity contribution is 5.75. The van der Waals surface area contributed by atoms with E-state index in [2.05, 4.69) is 36.5 Å². The maximum Gasteiger partial charge on any atom is 0.220 e. The van der Waals surface area contributed by atoms with Crippen molar-refractivity contribution in [2.24, 2.45) is 5.92 Å². The fraction of sp³-hybridized carbons (Fsp3) is 0.462. The van der Waals surface area contributed by atoms with Gasteiger partial charge in [-0.25, -0.2) is 0 Å². The molecule has 0 spiro atoms. The fourth-order valence-electron chi connectivity index (χ4n) is 1.58. The second kappa shape index (κ2) is 6.23. The van der Waals surface area contributed by atoms with Crippen LogP contribution in [-0.2, 0) is 11.2 Å². The number of amides is 1. The molecule has 0 fully saturated rings. The van der Waals surface area contributed by atoms with Crippen LogP contribution >= 0.6 is 0 Å². The Morgan fingerprint density at radius 3 is 2.60 bits per heavy atom. The summed E-state index contributed by atoms with van der Waals surface area (Å²) in [7, 11) is 1.69. The lowest BCUT2D eigenvalue weighted by molar-refractivity contribution is -0.121. The molecular weight excluding hydrogens is 186 g/mol. The van der Waals surface area contributed by atoms with Crippen molar-refractivity contribution in [1.82, 2.24) is 5.32 Å². The normalized spacial score (nSPS) is 12.1. The molecular formula is C13H19NO. The summed E-state index contributed by atoms with van der Waals surface area (Å²) in [5.74, 6) is 0.584. The van der Waals surface area contributed by atoms with Crippen LogP contribution in [0.4, 0.5) is 0 Å². The molecule has 0 heterocycles. The molecule has 0 saturated heterocycles. The Balaban J connectivity index is 2.28. The van der Waals surface area contributed by atoms with Gasteiger partial charge >= 0.3 is 0 Å². The van der Waals surface area contributed by atoms with Gasteiger partial charge in [0, 0.05) is 13.5 Å². The first kappa shape index (κ1) is 11.8. The van der Waals surface area contributed by atoms with Crippen LogP contribution < -0.4 is 5.32 Å². The summed E-state index contributed by atoms with van der Waals surface area (Å²) in [4.78, 5) is 11.1. The van der Waals surface area contributed by atoms with Crippen molar-refractivity contribution < 1.29 is 4.79 Å². The first-order valence-corrected chi connectivity index (χ1v) is 5.47. The number of hydrogen-bond donors (Lipinski definition) is 1. The summed E-state index contributed by atoms with van der Waals surface area (Å²) in [5, 5.41) is 2.66. The Morgan fingerprint density at radius 1 is 1.33 bits per heavy atom. The van der Waals surface area contributed by atoms with E-state index in [9.17, 15) is 4.79 Å². The molecule has 1 aromatic carbocycles. The third kappa shape index (κ3) is 4.63. The van der Waals surface area contributed by atoms with E-state index in [1.165, 1.54) is 5.56 Å². The molecule has 0 radical (unpaired) electrons. The Morgan fingerprint density at radius 2 is 2.00 bits per heavy atom. The predicted molar refractivity (Wildman–Crippen MR) is 62.6 cm³/mol. The van der Waals surface area contributed by atoms with Gasteiger partial charge < -0.3 is 5.32 Å². The number of carbonyl (C=O) groups excluding carboxylic acids is 1. The maximum absolute atomic E-state index is 11.1. The Kier molecular flexibility index (Phi) is 4.88. The van der Waals surface area contributed by atoms with Gasteiger partial charge in [0.15, 0.2) is 0 Å². The summed E-state index contributed by atoms with van der Waals surface area (Å²) in [6.45, 7) is 2.12. The van der Waals surface area contributed by atoms with E-state index in [4.69, 9.17) is 0 Å². The van der Waals surface area contributed by atoms with Crippen LogP contribution in [-0.4, -0.2) is 13.0 Å². The molecule has 1 atom stereocenters. The summed E-state index contributed by atoms with van der Waals surface area (Å²) in [5.41, 5.74) is 1.35. The van der Waals surface area contributed by atoms with Gasteiger partial charge in [-0.3, -0.25) is 4.79 Å². The largest absolute Gasteiger partial charge is 0.359 e. The molecule has 82 valence electrons. The number of benzene rings is 1. The van der Waals surface area contributed by atoms with Gasteiger partial charge in [0.05, 0.1) is 0 Å². The zero-order valence-electron chi connectivity index (χ0n) is 9.49. The van der Waals surface area contributed by atoms with E-state index >= 15 is 0 Å². The Labute approximate surface area is 91.7 Å². The van der Waals surface area contributed by atoms with Crippen molar-refractivity contribution in [2.45, 2.75) is 26.2 Å². The maximum atomic E-state index is 11.1. The predicted octanol–water partition coefficient (Wildman–Crippen LogP) is 2.39. The lowest BCUT2D eigenvalue weighted by Crippen LogP contribution is -2.20. The van der Waals surface area contributed by atoms with Crippen molar-refractivity contribution in [3.63, 3.8) is 0 Å². The number of rotatable bonds is 5. The molecule has 0 bridgehead atoms. The van der Waals surface area contributed by atoms with Crippen LogP contribution in [0.1, 0.15) is 25.3 Å². The van der Waals surface area contributed by atoms with E-state index in [0.29, 0.717) is 12.3 Å². The fourth-order valence-corrected chi connectivity index (χ4v) is 1.58. The lowest BCUT2D eigenvalue weighted by atomic mass is 9.98. The van der Waals surface area contributed by atoms with Crippen LogP contribution in [0.2, 0.25) is 0 Å². The molecule has 0 aliphatic rings.